The summed E-state index contributed by atoms with van der Waals surface area (Å²) in [5, 5.41) is 24.8. The van der Waals surface area contributed by atoms with Gasteiger partial charge in [0.25, 0.3) is 0 Å². The minimum Gasteiger partial charge on any atom is -0.390 e. The van der Waals surface area contributed by atoms with Crippen LogP contribution in [0.3, 0.4) is 0 Å². The minimum absolute atomic E-state index is 0.0247. The minimum atomic E-state index is -3.99. The number of carbonyl (C=O) groups is 1. The van der Waals surface area contributed by atoms with Crippen LogP contribution in [0.25, 0.3) is 10.9 Å². The van der Waals surface area contributed by atoms with E-state index >= 15 is 0 Å². The first-order valence-electron chi connectivity index (χ1n) is 14.4. The summed E-state index contributed by atoms with van der Waals surface area (Å²) in [6.07, 6.45) is 5.77. The number of nitriles is 1. The summed E-state index contributed by atoms with van der Waals surface area (Å²) in [5.74, 6) is -0.0341. The highest BCUT2D eigenvalue weighted by molar-refractivity contribution is 7.89. The number of fused-ring (bicyclic) bond motifs is 2. The van der Waals surface area contributed by atoms with Crippen molar-refractivity contribution < 1.29 is 18.3 Å². The molecule has 0 saturated heterocycles. The van der Waals surface area contributed by atoms with Crippen LogP contribution in [0.4, 0.5) is 0 Å². The van der Waals surface area contributed by atoms with Crippen molar-refractivity contribution in [3.8, 4) is 6.07 Å². The zero-order valence-electron chi connectivity index (χ0n) is 24.0. The van der Waals surface area contributed by atoms with Crippen LogP contribution < -0.4 is 10.0 Å². The topological polar surface area (TPSA) is 135 Å². The summed E-state index contributed by atoms with van der Waals surface area (Å²) in [7, 11) is -3.99. The molecule has 0 spiro atoms. The van der Waals surface area contributed by atoms with Crippen LogP contribution in [0, 0.1) is 28.1 Å². The SMILES string of the molecule is CC1(C)C[C@H](NS(=O)(=O)c2ccccc2C#N)[C@@]2(CCC(=O)NCCc3c[nH]c4ccccc34)CC[C@](C)(O)C[C@@H]12. The van der Waals surface area contributed by atoms with Crippen molar-refractivity contribution in [3.05, 3.63) is 65.9 Å². The largest absolute Gasteiger partial charge is 0.390 e. The second kappa shape index (κ2) is 10.9. The third-order valence-electron chi connectivity index (χ3n) is 9.64. The van der Waals surface area contributed by atoms with E-state index in [2.05, 4.69) is 34.9 Å². The molecule has 1 heterocycles. The normalized spacial score (nSPS) is 27.3. The Kier molecular flexibility index (Phi) is 7.79. The molecule has 0 unspecified atom stereocenters. The van der Waals surface area contributed by atoms with Crippen molar-refractivity contribution in [3.63, 3.8) is 0 Å². The maximum Gasteiger partial charge on any atom is 0.242 e. The first-order valence-corrected chi connectivity index (χ1v) is 15.9. The maximum atomic E-state index is 13.6. The molecule has 9 heteroatoms. The average Bonchev–Trinajstić information content (AvgIpc) is 3.43. The molecule has 0 aliphatic heterocycles. The number of hydrogen-bond donors (Lipinski definition) is 4. The Hall–Kier alpha value is -3.19. The van der Waals surface area contributed by atoms with Gasteiger partial charge in [-0.05, 0) is 86.0 Å². The van der Waals surface area contributed by atoms with Crippen LogP contribution >= 0.6 is 0 Å². The zero-order chi connectivity index (χ0) is 29.5. The second-order valence-corrected chi connectivity index (χ2v) is 14.6. The third-order valence-corrected chi connectivity index (χ3v) is 11.2. The molecular weight excluding hydrogens is 536 g/mol. The van der Waals surface area contributed by atoms with Gasteiger partial charge in [0.2, 0.25) is 15.9 Å². The Morgan fingerprint density at radius 2 is 1.83 bits per heavy atom. The molecule has 218 valence electrons. The lowest BCUT2D eigenvalue weighted by Gasteiger charge is -2.50. The fourth-order valence-electron chi connectivity index (χ4n) is 7.55. The van der Waals surface area contributed by atoms with Crippen LogP contribution in [0.15, 0.2) is 59.6 Å². The van der Waals surface area contributed by atoms with Gasteiger partial charge in [-0.25, -0.2) is 13.1 Å². The van der Waals surface area contributed by atoms with Crippen molar-refractivity contribution in [2.45, 2.75) is 82.3 Å². The summed E-state index contributed by atoms with van der Waals surface area (Å²) in [4.78, 5) is 16.3. The first-order chi connectivity index (χ1) is 19.4. The number of nitrogens with one attached hydrogen (secondary N) is 3. The molecule has 4 atom stereocenters. The summed E-state index contributed by atoms with van der Waals surface area (Å²) in [6.45, 7) is 6.63. The quantitative estimate of drug-likeness (QED) is 0.290. The van der Waals surface area contributed by atoms with E-state index in [9.17, 15) is 23.6 Å². The molecule has 1 aromatic heterocycles. The number of benzene rings is 2. The smallest absolute Gasteiger partial charge is 0.242 e. The fourth-order valence-corrected chi connectivity index (χ4v) is 9.03. The molecule has 5 rings (SSSR count). The van der Waals surface area contributed by atoms with Gasteiger partial charge in [-0.3, -0.25) is 4.79 Å². The monoisotopic (exact) mass is 576 g/mol. The third kappa shape index (κ3) is 5.78. The second-order valence-electron chi connectivity index (χ2n) is 12.9. The Morgan fingerprint density at radius 1 is 1.10 bits per heavy atom. The molecule has 4 N–H and O–H groups in total. The summed E-state index contributed by atoms with van der Waals surface area (Å²) in [6, 6.07) is 15.9. The molecule has 2 aliphatic rings. The lowest BCUT2D eigenvalue weighted by Crippen LogP contribution is -2.52. The zero-order valence-corrected chi connectivity index (χ0v) is 24.9. The number of rotatable bonds is 9. The molecular formula is C32H40N4O4S. The van der Waals surface area contributed by atoms with Gasteiger partial charge < -0.3 is 15.4 Å². The van der Waals surface area contributed by atoms with E-state index < -0.39 is 27.1 Å². The predicted octanol–water partition coefficient (Wildman–Crippen LogP) is 4.79. The average molecular weight is 577 g/mol. The number of aliphatic hydroxyl groups is 1. The van der Waals surface area contributed by atoms with Gasteiger partial charge in [0.15, 0.2) is 0 Å². The number of carbonyl (C=O) groups excluding carboxylic acids is 1. The van der Waals surface area contributed by atoms with Crippen LogP contribution in [-0.2, 0) is 21.2 Å². The molecule has 2 aliphatic carbocycles. The highest BCUT2D eigenvalue weighted by atomic mass is 32.2. The van der Waals surface area contributed by atoms with Gasteiger partial charge in [-0.2, -0.15) is 5.26 Å². The van der Waals surface area contributed by atoms with E-state index in [1.165, 1.54) is 12.1 Å². The van der Waals surface area contributed by atoms with Gasteiger partial charge in [0.05, 0.1) is 16.1 Å². The summed E-state index contributed by atoms with van der Waals surface area (Å²) < 4.78 is 30.2. The molecule has 2 aromatic carbocycles. The van der Waals surface area contributed by atoms with Gasteiger partial charge >= 0.3 is 0 Å². The van der Waals surface area contributed by atoms with E-state index in [1.807, 2.05) is 37.4 Å². The number of aromatic nitrogens is 1. The van der Waals surface area contributed by atoms with E-state index in [1.54, 1.807) is 12.1 Å². The molecule has 0 radical (unpaired) electrons. The Balaban J connectivity index is 1.33. The first kappa shape index (κ1) is 29.3. The van der Waals surface area contributed by atoms with Gasteiger partial charge in [-0.1, -0.05) is 44.2 Å². The Labute approximate surface area is 242 Å². The Bertz CT molecular complexity index is 1590. The number of nitrogens with zero attached hydrogens (tertiary/aromatic N) is 1. The van der Waals surface area contributed by atoms with Gasteiger partial charge in [0, 0.05) is 36.1 Å². The molecule has 8 nitrogen and oxygen atoms in total. The number of para-hydroxylation sites is 1. The number of hydrogen-bond acceptors (Lipinski definition) is 5. The standard InChI is InChI=1S/C32H40N4O4S/c1-30(2)19-28(36-41(39,40)26-11-7-4-8-22(26)20-33)32(16-15-31(3,38)18-27(30)32)14-12-29(37)34-17-13-23-21-35-25-10-6-5-9-24(23)25/h4-11,21,27-28,35-36,38H,12-19H2,1-3H3,(H,34,37)/t27-,28-,31-,32-/m0/s1. The van der Waals surface area contributed by atoms with Crippen molar-refractivity contribution in [2.75, 3.05) is 6.54 Å². The predicted molar refractivity (Wildman–Crippen MR) is 158 cm³/mol. The summed E-state index contributed by atoms with van der Waals surface area (Å²) >= 11 is 0. The van der Waals surface area contributed by atoms with E-state index in [0.29, 0.717) is 45.1 Å². The number of aromatic amines is 1. The highest BCUT2D eigenvalue weighted by Crippen LogP contribution is 2.64. The van der Waals surface area contributed by atoms with Gasteiger partial charge in [-0.15, -0.1) is 0 Å². The van der Waals surface area contributed by atoms with Crippen molar-refractivity contribution in [1.29, 1.82) is 5.26 Å². The van der Waals surface area contributed by atoms with Crippen LogP contribution in [0.5, 0.6) is 0 Å². The lowest BCUT2D eigenvalue weighted by molar-refractivity contribution is -0.123. The number of H-pyrrole nitrogens is 1. The van der Waals surface area contributed by atoms with Gasteiger partial charge in [0.1, 0.15) is 6.07 Å². The van der Waals surface area contributed by atoms with Crippen molar-refractivity contribution in [2.24, 2.45) is 16.7 Å². The molecule has 41 heavy (non-hydrogen) atoms. The number of amides is 1. The van der Waals surface area contributed by atoms with Crippen LogP contribution in [0.2, 0.25) is 0 Å². The Morgan fingerprint density at radius 3 is 2.61 bits per heavy atom. The number of sulfonamides is 1. The van der Waals surface area contributed by atoms with Crippen LogP contribution in [0.1, 0.15) is 70.4 Å². The summed E-state index contributed by atoms with van der Waals surface area (Å²) in [5.41, 5.74) is 0.741. The van der Waals surface area contributed by atoms with Crippen molar-refractivity contribution >= 4 is 26.8 Å². The molecule has 3 aromatic rings. The molecule has 2 saturated carbocycles. The molecule has 1 amide bonds. The van der Waals surface area contributed by atoms with E-state index in [-0.39, 0.29) is 34.1 Å². The van der Waals surface area contributed by atoms with E-state index in [0.717, 1.165) is 16.5 Å². The highest BCUT2D eigenvalue weighted by Gasteiger charge is 2.62. The fraction of sp³-hybridized carbons (Fsp3) is 0.500. The van der Waals surface area contributed by atoms with Crippen LogP contribution in [-0.4, -0.2) is 42.6 Å². The van der Waals surface area contributed by atoms with E-state index in [4.69, 9.17) is 0 Å². The van der Waals surface area contributed by atoms with Crippen molar-refractivity contribution in [1.82, 2.24) is 15.0 Å². The molecule has 2 fully saturated rings. The maximum absolute atomic E-state index is 13.6. The molecule has 0 bridgehead atoms. The lowest BCUT2D eigenvalue weighted by atomic mass is 9.57.